The van der Waals surface area contributed by atoms with Crippen molar-refractivity contribution in [1.29, 1.82) is 0 Å². The van der Waals surface area contributed by atoms with Gasteiger partial charge in [-0.2, -0.15) is 0 Å². The highest BCUT2D eigenvalue weighted by molar-refractivity contribution is 5.82. The molecule has 6 heteroatoms. The van der Waals surface area contributed by atoms with Gasteiger partial charge in [0.2, 0.25) is 0 Å². The summed E-state index contributed by atoms with van der Waals surface area (Å²) in [6.45, 7) is 7.45. The fraction of sp³-hybridized carbons (Fsp3) is 0.833. The number of amides is 2. The summed E-state index contributed by atoms with van der Waals surface area (Å²) in [5.74, 6) is -0.794. The number of carbonyl (C=O) groups is 2. The number of carboxylic acids is 1. The zero-order valence-corrected chi connectivity index (χ0v) is 11.4. The minimum absolute atomic E-state index is 0.212. The van der Waals surface area contributed by atoms with Gasteiger partial charge in [0.05, 0.1) is 0 Å². The number of nitrogens with one attached hydrogen (secondary N) is 2. The minimum atomic E-state index is -1.01. The molecular weight excluding hydrogens is 236 g/mol. The van der Waals surface area contributed by atoms with E-state index in [-0.39, 0.29) is 5.92 Å². The van der Waals surface area contributed by atoms with Crippen molar-refractivity contribution >= 4 is 12.0 Å². The summed E-state index contributed by atoms with van der Waals surface area (Å²) < 4.78 is 5.12. The Morgan fingerprint density at radius 2 is 2.00 bits per heavy atom. The lowest BCUT2D eigenvalue weighted by Gasteiger charge is -2.16. The van der Waals surface area contributed by atoms with Gasteiger partial charge in [0, 0.05) is 19.8 Å². The summed E-state index contributed by atoms with van der Waals surface area (Å²) in [4.78, 5) is 22.4. The van der Waals surface area contributed by atoms with Crippen molar-refractivity contribution in [2.24, 2.45) is 5.92 Å². The fourth-order valence-corrected chi connectivity index (χ4v) is 1.42. The molecular formula is C12H24N2O4. The molecule has 2 amide bonds. The number of hydrogen-bond acceptors (Lipinski definition) is 3. The second-order valence-corrected chi connectivity index (χ2v) is 4.47. The van der Waals surface area contributed by atoms with Crippen molar-refractivity contribution in [3.8, 4) is 0 Å². The first-order valence-electron chi connectivity index (χ1n) is 6.32. The summed E-state index contributed by atoms with van der Waals surface area (Å²) >= 11 is 0. The van der Waals surface area contributed by atoms with E-state index in [0.29, 0.717) is 32.6 Å². The Morgan fingerprint density at radius 1 is 1.33 bits per heavy atom. The maximum Gasteiger partial charge on any atom is 0.326 e. The molecule has 0 fully saturated rings. The quantitative estimate of drug-likeness (QED) is 0.544. The van der Waals surface area contributed by atoms with E-state index >= 15 is 0 Å². The Bertz CT molecular complexity index is 256. The van der Waals surface area contributed by atoms with Gasteiger partial charge in [-0.25, -0.2) is 9.59 Å². The molecule has 18 heavy (non-hydrogen) atoms. The van der Waals surface area contributed by atoms with Gasteiger partial charge in [0.1, 0.15) is 6.04 Å². The Kier molecular flexibility index (Phi) is 9.00. The lowest BCUT2D eigenvalue weighted by molar-refractivity contribution is -0.139. The number of carboxylic acid groups (broad SMARTS) is 1. The lowest BCUT2D eigenvalue weighted by atomic mass is 10.0. The predicted octanol–water partition coefficient (Wildman–Crippen LogP) is 1.21. The van der Waals surface area contributed by atoms with Crippen LogP contribution >= 0.6 is 0 Å². The fourth-order valence-electron chi connectivity index (χ4n) is 1.42. The van der Waals surface area contributed by atoms with E-state index in [1.54, 1.807) is 0 Å². The second-order valence-electron chi connectivity index (χ2n) is 4.47. The van der Waals surface area contributed by atoms with Crippen molar-refractivity contribution in [3.63, 3.8) is 0 Å². The molecule has 0 aliphatic heterocycles. The average molecular weight is 260 g/mol. The van der Waals surface area contributed by atoms with Gasteiger partial charge in [0.25, 0.3) is 0 Å². The second kappa shape index (κ2) is 9.70. The number of hydrogen-bond donors (Lipinski definition) is 3. The van der Waals surface area contributed by atoms with Gasteiger partial charge in [-0.05, 0) is 25.7 Å². The molecule has 106 valence electrons. The maximum absolute atomic E-state index is 11.4. The number of rotatable bonds is 9. The van der Waals surface area contributed by atoms with Crippen molar-refractivity contribution in [2.75, 3.05) is 19.8 Å². The van der Waals surface area contributed by atoms with Crippen LogP contribution < -0.4 is 10.6 Å². The molecule has 1 atom stereocenters. The molecule has 6 nitrogen and oxygen atoms in total. The van der Waals surface area contributed by atoms with E-state index in [1.807, 2.05) is 20.8 Å². The molecule has 0 saturated carbocycles. The van der Waals surface area contributed by atoms with Crippen LogP contribution in [0.15, 0.2) is 0 Å². The molecule has 0 aromatic heterocycles. The molecule has 0 aliphatic carbocycles. The topological polar surface area (TPSA) is 87.7 Å². The van der Waals surface area contributed by atoms with Gasteiger partial charge < -0.3 is 20.5 Å². The molecule has 0 heterocycles. The third-order valence-corrected chi connectivity index (χ3v) is 2.27. The molecule has 0 unspecified atom stereocenters. The summed E-state index contributed by atoms with van der Waals surface area (Å²) in [7, 11) is 0. The molecule has 0 aromatic carbocycles. The molecule has 0 rings (SSSR count). The number of carbonyl (C=O) groups excluding carboxylic acids is 1. The van der Waals surface area contributed by atoms with Crippen LogP contribution in [-0.2, 0) is 9.53 Å². The molecule has 0 aliphatic rings. The van der Waals surface area contributed by atoms with Gasteiger partial charge in [-0.3, -0.25) is 0 Å². The number of urea groups is 1. The van der Waals surface area contributed by atoms with E-state index in [0.717, 1.165) is 0 Å². The van der Waals surface area contributed by atoms with E-state index in [4.69, 9.17) is 9.84 Å². The summed E-state index contributed by atoms with van der Waals surface area (Å²) in [5, 5.41) is 14.0. The van der Waals surface area contributed by atoms with E-state index < -0.39 is 18.0 Å². The number of aliphatic carboxylic acids is 1. The lowest BCUT2D eigenvalue weighted by Crippen LogP contribution is -2.46. The summed E-state index contributed by atoms with van der Waals surface area (Å²) in [6, 6.07) is -1.28. The van der Waals surface area contributed by atoms with Crippen LogP contribution in [0, 0.1) is 5.92 Å². The Hall–Kier alpha value is -1.30. The van der Waals surface area contributed by atoms with Gasteiger partial charge in [-0.15, -0.1) is 0 Å². The van der Waals surface area contributed by atoms with Crippen LogP contribution in [0.25, 0.3) is 0 Å². The standard InChI is InChI=1S/C12H24N2O4/c1-4-18-7-5-6-13-12(17)14-10(11(15)16)8-9(2)3/h9-10H,4-8H2,1-3H3,(H,15,16)(H2,13,14,17)/t10-/m0/s1. The third kappa shape index (κ3) is 8.81. The molecule has 3 N–H and O–H groups in total. The van der Waals surface area contributed by atoms with Crippen molar-refractivity contribution in [3.05, 3.63) is 0 Å². The van der Waals surface area contributed by atoms with Crippen LogP contribution in [0.3, 0.4) is 0 Å². The first kappa shape index (κ1) is 16.7. The van der Waals surface area contributed by atoms with Crippen molar-refractivity contribution in [1.82, 2.24) is 10.6 Å². The van der Waals surface area contributed by atoms with Crippen LogP contribution in [0.4, 0.5) is 4.79 Å². The Balaban J connectivity index is 3.85. The van der Waals surface area contributed by atoms with E-state index in [9.17, 15) is 9.59 Å². The van der Waals surface area contributed by atoms with E-state index in [2.05, 4.69) is 10.6 Å². The molecule has 0 aromatic rings. The van der Waals surface area contributed by atoms with Gasteiger partial charge in [-0.1, -0.05) is 13.8 Å². The molecule has 0 spiro atoms. The Morgan fingerprint density at radius 3 is 2.50 bits per heavy atom. The minimum Gasteiger partial charge on any atom is -0.480 e. The molecule has 0 radical (unpaired) electrons. The highest BCUT2D eigenvalue weighted by atomic mass is 16.5. The normalized spacial score (nSPS) is 12.2. The largest absolute Gasteiger partial charge is 0.480 e. The van der Waals surface area contributed by atoms with E-state index in [1.165, 1.54) is 0 Å². The van der Waals surface area contributed by atoms with Crippen LogP contribution in [-0.4, -0.2) is 42.9 Å². The maximum atomic E-state index is 11.4. The Labute approximate surface area is 108 Å². The van der Waals surface area contributed by atoms with Crippen molar-refractivity contribution in [2.45, 2.75) is 39.7 Å². The first-order chi connectivity index (χ1) is 8.47. The molecule has 0 saturated heterocycles. The van der Waals surface area contributed by atoms with Gasteiger partial charge >= 0.3 is 12.0 Å². The SMILES string of the molecule is CCOCCCNC(=O)N[C@@H](CC(C)C)C(=O)O. The van der Waals surface area contributed by atoms with Crippen molar-refractivity contribution < 1.29 is 19.4 Å². The number of ether oxygens (including phenoxy) is 1. The van der Waals surface area contributed by atoms with Gasteiger partial charge in [0.15, 0.2) is 0 Å². The zero-order valence-electron chi connectivity index (χ0n) is 11.4. The monoisotopic (exact) mass is 260 g/mol. The van der Waals surface area contributed by atoms with Crippen LogP contribution in [0.5, 0.6) is 0 Å². The average Bonchev–Trinajstić information content (AvgIpc) is 2.27. The van der Waals surface area contributed by atoms with Crippen LogP contribution in [0.2, 0.25) is 0 Å². The predicted molar refractivity (Wildman–Crippen MR) is 68.5 cm³/mol. The third-order valence-electron chi connectivity index (χ3n) is 2.27. The van der Waals surface area contributed by atoms with Crippen LogP contribution in [0.1, 0.15) is 33.6 Å². The highest BCUT2D eigenvalue weighted by Crippen LogP contribution is 2.04. The smallest absolute Gasteiger partial charge is 0.326 e. The summed E-state index contributed by atoms with van der Waals surface area (Å²) in [5.41, 5.74) is 0. The highest BCUT2D eigenvalue weighted by Gasteiger charge is 2.20. The zero-order chi connectivity index (χ0) is 14.0. The molecule has 0 bridgehead atoms. The first-order valence-corrected chi connectivity index (χ1v) is 6.32. The summed E-state index contributed by atoms with van der Waals surface area (Å²) in [6.07, 6.45) is 1.13.